The van der Waals surface area contributed by atoms with Crippen LogP contribution in [0.2, 0.25) is 0 Å². The highest BCUT2D eigenvalue weighted by molar-refractivity contribution is 6.43. The molecule has 0 saturated carbocycles. The third-order valence-electron chi connectivity index (χ3n) is 1.21. The molecule has 0 aromatic rings. The van der Waals surface area contributed by atoms with Crippen LogP contribution in [0.15, 0.2) is 35.9 Å². The molecule has 0 aliphatic rings. The van der Waals surface area contributed by atoms with E-state index in [9.17, 15) is 4.79 Å². The smallest absolute Gasteiger partial charge is 0.356 e. The van der Waals surface area contributed by atoms with Crippen molar-refractivity contribution in [2.24, 2.45) is 0 Å². The van der Waals surface area contributed by atoms with Gasteiger partial charge in [-0.1, -0.05) is 30.8 Å². The van der Waals surface area contributed by atoms with Crippen LogP contribution >= 0.6 is 11.6 Å². The summed E-state index contributed by atoms with van der Waals surface area (Å²) in [5.41, 5.74) is -0.00819. The summed E-state index contributed by atoms with van der Waals surface area (Å²) in [5, 5.41) is 7.56. The molecular formula is C9H10ClNO2. The van der Waals surface area contributed by atoms with E-state index in [1.807, 2.05) is 0 Å². The number of ether oxygens (including phenoxy) is 1. The van der Waals surface area contributed by atoms with Crippen molar-refractivity contribution in [1.29, 1.82) is 5.41 Å². The minimum atomic E-state index is -0.732. The van der Waals surface area contributed by atoms with Crippen LogP contribution in [0.25, 0.3) is 0 Å². The Morgan fingerprint density at radius 3 is 2.46 bits per heavy atom. The van der Waals surface area contributed by atoms with Crippen LogP contribution in [0, 0.1) is 5.41 Å². The summed E-state index contributed by atoms with van der Waals surface area (Å²) in [6.07, 6.45) is 2.71. The van der Waals surface area contributed by atoms with Gasteiger partial charge in [0, 0.05) is 10.6 Å². The number of carbonyl (C=O) groups is 1. The highest BCUT2D eigenvalue weighted by Gasteiger charge is 2.11. The molecule has 0 amide bonds. The van der Waals surface area contributed by atoms with E-state index in [1.165, 1.54) is 19.3 Å². The Morgan fingerprint density at radius 2 is 2.15 bits per heavy atom. The molecule has 3 nitrogen and oxygen atoms in total. The number of allylic oxidation sites excluding steroid dienone is 3. The Hall–Kier alpha value is -1.35. The zero-order valence-electron chi connectivity index (χ0n) is 7.26. The monoisotopic (exact) mass is 199 g/mol. The molecule has 0 fully saturated rings. The molecule has 13 heavy (non-hydrogen) atoms. The molecule has 0 rings (SSSR count). The van der Waals surface area contributed by atoms with Gasteiger partial charge in [0.1, 0.15) is 5.71 Å². The average Bonchev–Trinajstić information content (AvgIpc) is 2.11. The van der Waals surface area contributed by atoms with Crippen molar-refractivity contribution >= 4 is 23.3 Å². The van der Waals surface area contributed by atoms with Crippen LogP contribution in [-0.2, 0) is 9.53 Å². The van der Waals surface area contributed by atoms with Crippen molar-refractivity contribution < 1.29 is 9.53 Å². The molecule has 0 radical (unpaired) electrons. The molecule has 0 aromatic carbocycles. The summed E-state index contributed by atoms with van der Waals surface area (Å²) >= 11 is 5.48. The quantitative estimate of drug-likeness (QED) is 0.428. The Balaban J connectivity index is 4.80. The second-order valence-electron chi connectivity index (χ2n) is 2.12. The van der Waals surface area contributed by atoms with Gasteiger partial charge < -0.3 is 4.74 Å². The van der Waals surface area contributed by atoms with Gasteiger partial charge in [-0.2, -0.15) is 0 Å². The van der Waals surface area contributed by atoms with Crippen molar-refractivity contribution in [2.75, 3.05) is 7.11 Å². The molecule has 0 unspecified atom stereocenters. The van der Waals surface area contributed by atoms with Gasteiger partial charge in [0.2, 0.25) is 0 Å². The fraction of sp³-hybridized carbons (Fsp3) is 0.111. The number of hydrogen-bond donors (Lipinski definition) is 1. The highest BCUT2D eigenvalue weighted by Crippen LogP contribution is 2.07. The van der Waals surface area contributed by atoms with E-state index in [2.05, 4.69) is 17.9 Å². The topological polar surface area (TPSA) is 50.2 Å². The molecule has 0 aliphatic heterocycles. The number of methoxy groups -OCH3 is 1. The third-order valence-corrected chi connectivity index (χ3v) is 1.32. The van der Waals surface area contributed by atoms with Crippen molar-refractivity contribution in [2.45, 2.75) is 0 Å². The van der Waals surface area contributed by atoms with Gasteiger partial charge in [0.15, 0.2) is 0 Å². The lowest BCUT2D eigenvalue weighted by atomic mass is 10.1. The summed E-state index contributed by atoms with van der Waals surface area (Å²) < 4.78 is 4.35. The van der Waals surface area contributed by atoms with Crippen molar-refractivity contribution in [3.05, 3.63) is 35.9 Å². The lowest BCUT2D eigenvalue weighted by Crippen LogP contribution is -2.15. The molecule has 0 aliphatic carbocycles. The van der Waals surface area contributed by atoms with Crippen molar-refractivity contribution in [3.63, 3.8) is 0 Å². The Labute approximate surface area is 81.9 Å². The molecule has 0 bridgehead atoms. The Kier molecular flexibility index (Phi) is 4.77. The summed E-state index contributed by atoms with van der Waals surface area (Å²) in [4.78, 5) is 10.9. The first kappa shape index (κ1) is 11.6. The van der Waals surface area contributed by atoms with Crippen LogP contribution in [0.3, 0.4) is 0 Å². The molecule has 0 spiro atoms. The molecule has 0 heterocycles. The molecule has 0 aromatic heterocycles. The number of hydrogen-bond acceptors (Lipinski definition) is 3. The lowest BCUT2D eigenvalue weighted by molar-refractivity contribution is -0.132. The second kappa shape index (κ2) is 5.32. The predicted molar refractivity (Wildman–Crippen MR) is 53.0 cm³/mol. The fourth-order valence-electron chi connectivity index (χ4n) is 0.622. The first-order chi connectivity index (χ1) is 6.02. The summed E-state index contributed by atoms with van der Waals surface area (Å²) in [5.74, 6) is -0.732. The van der Waals surface area contributed by atoms with Gasteiger partial charge in [0.05, 0.1) is 7.11 Å². The van der Waals surface area contributed by atoms with Crippen LogP contribution in [0.5, 0.6) is 0 Å². The van der Waals surface area contributed by atoms with Crippen LogP contribution < -0.4 is 0 Å². The second-order valence-corrected chi connectivity index (χ2v) is 2.60. The van der Waals surface area contributed by atoms with Crippen LogP contribution in [-0.4, -0.2) is 18.8 Å². The zero-order chi connectivity index (χ0) is 10.4. The van der Waals surface area contributed by atoms with Gasteiger partial charge in [-0.25, -0.2) is 4.79 Å². The van der Waals surface area contributed by atoms with E-state index < -0.39 is 5.97 Å². The molecule has 70 valence electrons. The van der Waals surface area contributed by atoms with E-state index in [4.69, 9.17) is 17.0 Å². The summed E-state index contributed by atoms with van der Waals surface area (Å²) in [6, 6.07) is 0. The predicted octanol–water partition coefficient (Wildman–Crippen LogP) is 2.04. The van der Waals surface area contributed by atoms with E-state index in [0.29, 0.717) is 0 Å². The average molecular weight is 200 g/mol. The summed E-state index contributed by atoms with van der Waals surface area (Å²) in [6.45, 7) is 6.84. The lowest BCUT2D eigenvalue weighted by Gasteiger charge is -2.01. The van der Waals surface area contributed by atoms with Crippen LogP contribution in [0.4, 0.5) is 0 Å². The van der Waals surface area contributed by atoms with Gasteiger partial charge in [-0.15, -0.1) is 0 Å². The van der Waals surface area contributed by atoms with Crippen molar-refractivity contribution in [3.8, 4) is 0 Å². The Bertz CT molecular complexity index is 292. The maximum Gasteiger partial charge on any atom is 0.356 e. The number of esters is 1. The van der Waals surface area contributed by atoms with E-state index >= 15 is 0 Å². The van der Waals surface area contributed by atoms with Gasteiger partial charge >= 0.3 is 5.97 Å². The molecule has 0 saturated heterocycles. The first-order valence-electron chi connectivity index (χ1n) is 3.38. The van der Waals surface area contributed by atoms with Gasteiger partial charge in [0.25, 0.3) is 0 Å². The molecular weight excluding hydrogens is 190 g/mol. The SMILES string of the molecule is C=C/C(=C\C(=C)Cl)C(=N)C(=O)OC. The van der Waals surface area contributed by atoms with Crippen LogP contribution in [0.1, 0.15) is 0 Å². The molecule has 0 atom stereocenters. The zero-order valence-corrected chi connectivity index (χ0v) is 8.02. The number of rotatable bonds is 4. The van der Waals surface area contributed by atoms with E-state index in [-0.39, 0.29) is 16.3 Å². The first-order valence-corrected chi connectivity index (χ1v) is 3.76. The number of halogens is 1. The fourth-order valence-corrected chi connectivity index (χ4v) is 0.739. The Morgan fingerprint density at radius 1 is 1.62 bits per heavy atom. The normalized spacial score (nSPS) is 10.5. The van der Waals surface area contributed by atoms with E-state index in [1.54, 1.807) is 0 Å². The summed E-state index contributed by atoms with van der Waals surface area (Å²) in [7, 11) is 1.20. The minimum absolute atomic E-state index is 0.226. The standard InChI is InChI=1S/C9H10ClNO2/c1-4-7(5-6(2)10)8(11)9(12)13-3/h4-5,11H,1-2H2,3H3/b7-5+,11-8?. The van der Waals surface area contributed by atoms with Gasteiger partial charge in [-0.05, 0) is 6.08 Å². The van der Waals surface area contributed by atoms with E-state index in [0.717, 1.165) is 0 Å². The molecule has 1 N–H and O–H groups in total. The molecule has 4 heteroatoms. The van der Waals surface area contributed by atoms with Gasteiger partial charge in [-0.3, -0.25) is 5.41 Å². The number of nitrogens with one attached hydrogen (secondary N) is 1. The maximum absolute atomic E-state index is 10.9. The number of carbonyl (C=O) groups excluding carboxylic acids is 1. The largest absolute Gasteiger partial charge is 0.464 e. The maximum atomic E-state index is 10.9. The third kappa shape index (κ3) is 3.71. The minimum Gasteiger partial charge on any atom is -0.464 e. The highest BCUT2D eigenvalue weighted by atomic mass is 35.5. The van der Waals surface area contributed by atoms with Crippen molar-refractivity contribution in [1.82, 2.24) is 0 Å².